The maximum Gasteiger partial charge on any atom is 0.389 e. The highest BCUT2D eigenvalue weighted by atomic mass is 19.4. The average Bonchev–Trinajstić information content (AvgIpc) is 2.49. The number of hydrogen-bond donors (Lipinski definition) is 1. The van der Waals surface area contributed by atoms with E-state index < -0.39 is 24.9 Å². The van der Waals surface area contributed by atoms with E-state index in [0.29, 0.717) is 25.3 Å². The van der Waals surface area contributed by atoms with Gasteiger partial charge in [-0.25, -0.2) is 0 Å². The summed E-state index contributed by atoms with van der Waals surface area (Å²) in [7, 11) is 1.57. The lowest BCUT2D eigenvalue weighted by Crippen LogP contribution is -2.35. The van der Waals surface area contributed by atoms with Crippen LogP contribution in [0.1, 0.15) is 18.4 Å². The molecule has 0 unspecified atom stereocenters. The zero-order chi connectivity index (χ0) is 16.2. The molecule has 4 nitrogen and oxygen atoms in total. The number of benzene rings is 1. The fourth-order valence-corrected chi connectivity index (χ4v) is 2.28. The minimum atomic E-state index is -4.30. The molecule has 1 amide bonds. The highest BCUT2D eigenvalue weighted by Gasteiger charge is 2.28. The molecule has 7 heteroatoms. The van der Waals surface area contributed by atoms with E-state index in [1.54, 1.807) is 13.2 Å². The molecule has 0 aliphatic carbocycles. The number of amides is 1. The first-order chi connectivity index (χ1) is 10.4. The molecule has 0 bridgehead atoms. The lowest BCUT2D eigenvalue weighted by Gasteiger charge is -2.25. The molecule has 1 aromatic rings. The summed E-state index contributed by atoms with van der Waals surface area (Å²) in [6.45, 7) is 0.724. The van der Waals surface area contributed by atoms with Crippen molar-refractivity contribution in [2.24, 2.45) is 5.92 Å². The van der Waals surface area contributed by atoms with Crippen LogP contribution in [0.2, 0.25) is 0 Å². The topological polar surface area (TPSA) is 47.6 Å². The number of rotatable bonds is 5. The Morgan fingerprint density at radius 2 is 2.23 bits per heavy atom. The van der Waals surface area contributed by atoms with Gasteiger partial charge in [0.25, 0.3) is 0 Å². The summed E-state index contributed by atoms with van der Waals surface area (Å²) in [4.78, 5) is 11.4. The smallest absolute Gasteiger partial charge is 0.389 e. The van der Waals surface area contributed by atoms with Crippen molar-refractivity contribution in [2.45, 2.75) is 25.4 Å². The Labute approximate surface area is 126 Å². The number of alkyl halides is 3. The number of carbonyl (C=O) groups excluding carboxylic acids is 1. The molecule has 1 aliphatic rings. The van der Waals surface area contributed by atoms with Gasteiger partial charge in [-0.15, -0.1) is 0 Å². The van der Waals surface area contributed by atoms with Gasteiger partial charge in [0.15, 0.2) is 0 Å². The van der Waals surface area contributed by atoms with Crippen molar-refractivity contribution < 1.29 is 27.4 Å². The van der Waals surface area contributed by atoms with Gasteiger partial charge >= 0.3 is 6.18 Å². The summed E-state index contributed by atoms with van der Waals surface area (Å²) < 4.78 is 46.8. The fraction of sp³-hybridized carbons (Fsp3) is 0.533. The maximum absolute atomic E-state index is 12.0. The van der Waals surface area contributed by atoms with Crippen LogP contribution in [0.3, 0.4) is 0 Å². The zero-order valence-electron chi connectivity index (χ0n) is 12.2. The average molecular weight is 317 g/mol. The second-order valence-electron chi connectivity index (χ2n) is 5.27. The number of fused-ring (bicyclic) bond motifs is 1. The van der Waals surface area contributed by atoms with Gasteiger partial charge in [-0.1, -0.05) is 6.07 Å². The standard InChI is InChI=1S/C15H18F3NO3/c1-21-12-3-2-11-6-10(9-22-13(11)7-12)8-19-14(20)4-5-15(16,17)18/h2-3,7,10H,4-6,8-9H2,1H3,(H,19,20)/t10-/m0/s1. The number of hydrogen-bond acceptors (Lipinski definition) is 3. The van der Waals surface area contributed by atoms with Gasteiger partial charge in [-0.2, -0.15) is 13.2 Å². The van der Waals surface area contributed by atoms with Crippen molar-refractivity contribution in [1.82, 2.24) is 5.32 Å². The highest BCUT2D eigenvalue weighted by Crippen LogP contribution is 2.30. The number of methoxy groups -OCH3 is 1. The lowest BCUT2D eigenvalue weighted by molar-refractivity contribution is -0.144. The predicted octanol–water partition coefficient (Wildman–Crippen LogP) is 2.71. The molecule has 0 spiro atoms. The number of ether oxygens (including phenoxy) is 2. The molecule has 22 heavy (non-hydrogen) atoms. The van der Waals surface area contributed by atoms with Crippen LogP contribution in [0.4, 0.5) is 13.2 Å². The first-order valence-electron chi connectivity index (χ1n) is 7.00. The van der Waals surface area contributed by atoms with E-state index in [1.165, 1.54) is 0 Å². The summed E-state index contributed by atoms with van der Waals surface area (Å²) in [6.07, 6.45) is -5.23. The van der Waals surface area contributed by atoms with Crippen LogP contribution in [0.25, 0.3) is 0 Å². The SMILES string of the molecule is COc1ccc2c(c1)OC[C@H](CNC(=O)CCC(F)(F)F)C2. The van der Waals surface area contributed by atoms with Crippen LogP contribution in [0.15, 0.2) is 18.2 Å². The molecule has 0 saturated carbocycles. The fourth-order valence-electron chi connectivity index (χ4n) is 2.28. The molecule has 0 fully saturated rings. The van der Waals surface area contributed by atoms with E-state index in [1.807, 2.05) is 12.1 Å². The molecule has 1 N–H and O–H groups in total. The third-order valence-electron chi connectivity index (χ3n) is 3.48. The first kappa shape index (κ1) is 16.5. The van der Waals surface area contributed by atoms with E-state index in [2.05, 4.69) is 5.32 Å². The first-order valence-corrected chi connectivity index (χ1v) is 7.00. The van der Waals surface area contributed by atoms with Crippen molar-refractivity contribution in [2.75, 3.05) is 20.3 Å². The van der Waals surface area contributed by atoms with Crippen LogP contribution in [0, 0.1) is 5.92 Å². The molecular weight excluding hydrogens is 299 g/mol. The summed E-state index contributed by atoms with van der Waals surface area (Å²) in [5, 5.41) is 2.53. The van der Waals surface area contributed by atoms with Gasteiger partial charge < -0.3 is 14.8 Å². The normalized spacial score (nSPS) is 17.4. The number of nitrogens with one attached hydrogen (secondary N) is 1. The molecule has 0 saturated heterocycles. The Bertz CT molecular complexity index is 531. The Hall–Kier alpha value is -1.92. The van der Waals surface area contributed by atoms with Gasteiger partial charge in [-0.3, -0.25) is 4.79 Å². The number of carbonyl (C=O) groups is 1. The summed E-state index contributed by atoms with van der Waals surface area (Å²) in [5.74, 6) is 0.922. The monoisotopic (exact) mass is 317 g/mol. The van der Waals surface area contributed by atoms with Crippen molar-refractivity contribution in [3.63, 3.8) is 0 Å². The van der Waals surface area contributed by atoms with Gasteiger partial charge in [0, 0.05) is 24.9 Å². The third-order valence-corrected chi connectivity index (χ3v) is 3.48. The van der Waals surface area contributed by atoms with Crippen LogP contribution in [0.5, 0.6) is 11.5 Å². The second-order valence-corrected chi connectivity index (χ2v) is 5.27. The van der Waals surface area contributed by atoms with Crippen molar-refractivity contribution >= 4 is 5.91 Å². The van der Waals surface area contributed by atoms with Crippen LogP contribution in [-0.2, 0) is 11.2 Å². The van der Waals surface area contributed by atoms with Crippen molar-refractivity contribution in [1.29, 1.82) is 0 Å². The highest BCUT2D eigenvalue weighted by molar-refractivity contribution is 5.75. The third kappa shape index (κ3) is 4.82. The van der Waals surface area contributed by atoms with Crippen LogP contribution >= 0.6 is 0 Å². The number of halogens is 3. The Kier molecular flexibility index (Phi) is 5.15. The van der Waals surface area contributed by atoms with E-state index in [-0.39, 0.29) is 5.92 Å². The Morgan fingerprint density at radius 3 is 2.91 bits per heavy atom. The van der Waals surface area contributed by atoms with E-state index in [0.717, 1.165) is 11.3 Å². The van der Waals surface area contributed by atoms with E-state index in [9.17, 15) is 18.0 Å². The van der Waals surface area contributed by atoms with Gasteiger partial charge in [0.1, 0.15) is 11.5 Å². The molecule has 122 valence electrons. The Balaban J connectivity index is 1.80. The van der Waals surface area contributed by atoms with E-state index >= 15 is 0 Å². The minimum Gasteiger partial charge on any atom is -0.497 e. The van der Waals surface area contributed by atoms with Crippen LogP contribution < -0.4 is 14.8 Å². The lowest BCUT2D eigenvalue weighted by atomic mass is 9.96. The zero-order valence-corrected chi connectivity index (χ0v) is 12.2. The van der Waals surface area contributed by atoms with Gasteiger partial charge in [0.05, 0.1) is 20.1 Å². The van der Waals surface area contributed by atoms with Gasteiger partial charge in [0.2, 0.25) is 5.91 Å². The van der Waals surface area contributed by atoms with Gasteiger partial charge in [-0.05, 0) is 18.1 Å². The summed E-state index contributed by atoms with van der Waals surface area (Å²) in [6, 6.07) is 5.52. The maximum atomic E-state index is 12.0. The molecule has 1 heterocycles. The summed E-state index contributed by atoms with van der Waals surface area (Å²) in [5.41, 5.74) is 1.00. The molecule has 0 aromatic heterocycles. The molecule has 1 aliphatic heterocycles. The largest absolute Gasteiger partial charge is 0.497 e. The van der Waals surface area contributed by atoms with E-state index in [4.69, 9.17) is 9.47 Å². The predicted molar refractivity (Wildman–Crippen MR) is 74.0 cm³/mol. The van der Waals surface area contributed by atoms with Crippen LogP contribution in [-0.4, -0.2) is 32.3 Å². The summed E-state index contributed by atoms with van der Waals surface area (Å²) >= 11 is 0. The Morgan fingerprint density at radius 1 is 1.45 bits per heavy atom. The molecule has 0 radical (unpaired) electrons. The molecule has 2 rings (SSSR count). The molecular formula is C15H18F3NO3. The molecule has 1 atom stereocenters. The van der Waals surface area contributed by atoms with Crippen molar-refractivity contribution in [3.05, 3.63) is 23.8 Å². The molecule has 1 aromatic carbocycles. The van der Waals surface area contributed by atoms with Crippen molar-refractivity contribution in [3.8, 4) is 11.5 Å². The quantitative estimate of drug-likeness (QED) is 0.908. The minimum absolute atomic E-state index is 0.0516. The second kappa shape index (κ2) is 6.89.